The minimum atomic E-state index is -0.120. The molecule has 0 aromatic heterocycles. The van der Waals surface area contributed by atoms with Gasteiger partial charge in [-0.15, -0.1) is 0 Å². The third kappa shape index (κ3) is 3.70. The highest BCUT2D eigenvalue weighted by molar-refractivity contribution is 6.30. The smallest absolute Gasteiger partial charge is 0.0813 e. The van der Waals surface area contributed by atoms with E-state index in [0.717, 1.165) is 17.9 Å². The molecular formula is C14H20ClNO. The third-order valence-corrected chi connectivity index (χ3v) is 3.26. The van der Waals surface area contributed by atoms with Gasteiger partial charge in [-0.1, -0.05) is 23.7 Å². The van der Waals surface area contributed by atoms with Crippen molar-refractivity contribution in [3.05, 3.63) is 34.9 Å². The molecule has 0 aliphatic heterocycles. The molecule has 1 aromatic rings. The van der Waals surface area contributed by atoms with E-state index in [1.54, 1.807) is 0 Å². The van der Waals surface area contributed by atoms with E-state index in [4.69, 9.17) is 16.4 Å². The Morgan fingerprint density at radius 2 is 1.76 bits per heavy atom. The van der Waals surface area contributed by atoms with E-state index in [1.165, 1.54) is 5.56 Å². The van der Waals surface area contributed by atoms with Crippen LogP contribution in [0.4, 0.5) is 0 Å². The van der Waals surface area contributed by atoms with Crippen LogP contribution in [-0.4, -0.2) is 11.6 Å². The predicted octanol–water partition coefficient (Wildman–Crippen LogP) is 3.91. The fourth-order valence-electron chi connectivity index (χ4n) is 1.98. The van der Waals surface area contributed by atoms with Crippen LogP contribution in [0.2, 0.25) is 5.02 Å². The summed E-state index contributed by atoms with van der Waals surface area (Å²) >= 11 is 5.87. The maximum Gasteiger partial charge on any atom is 0.0813 e. The first-order valence-corrected chi connectivity index (χ1v) is 6.51. The molecule has 3 heteroatoms. The normalized spacial score (nSPS) is 24.5. The van der Waals surface area contributed by atoms with Crippen LogP contribution in [0.15, 0.2) is 24.3 Å². The van der Waals surface area contributed by atoms with Crippen molar-refractivity contribution in [2.24, 2.45) is 0 Å². The minimum absolute atomic E-state index is 0.120. The lowest BCUT2D eigenvalue weighted by Crippen LogP contribution is -2.43. The maximum atomic E-state index is 5.87. The first kappa shape index (κ1) is 12.9. The van der Waals surface area contributed by atoms with Gasteiger partial charge in [-0.2, -0.15) is 5.48 Å². The molecule has 1 aromatic carbocycles. The number of hydroxylamine groups is 1. The maximum absolute atomic E-state index is 5.87. The van der Waals surface area contributed by atoms with Crippen molar-refractivity contribution in [2.45, 2.75) is 51.2 Å². The number of hydrogen-bond acceptors (Lipinski definition) is 2. The van der Waals surface area contributed by atoms with Crippen LogP contribution >= 0.6 is 11.6 Å². The average Bonchev–Trinajstić information content (AvgIpc) is 2.16. The van der Waals surface area contributed by atoms with Gasteiger partial charge in [0.05, 0.1) is 5.60 Å². The quantitative estimate of drug-likeness (QED) is 0.825. The van der Waals surface area contributed by atoms with Gasteiger partial charge in [0, 0.05) is 11.1 Å². The molecule has 1 saturated carbocycles. The van der Waals surface area contributed by atoms with Crippen molar-refractivity contribution < 1.29 is 4.84 Å². The van der Waals surface area contributed by atoms with Gasteiger partial charge in [-0.3, -0.25) is 4.84 Å². The molecule has 0 heterocycles. The highest BCUT2D eigenvalue weighted by Gasteiger charge is 2.31. The molecule has 1 aliphatic carbocycles. The molecule has 0 atom stereocenters. The fraction of sp³-hybridized carbons (Fsp3) is 0.571. The van der Waals surface area contributed by atoms with E-state index in [2.05, 4.69) is 38.4 Å². The molecule has 1 N–H and O–H groups in total. The lowest BCUT2D eigenvalue weighted by molar-refractivity contribution is -0.101. The predicted molar refractivity (Wildman–Crippen MR) is 71.2 cm³/mol. The highest BCUT2D eigenvalue weighted by atomic mass is 35.5. The summed E-state index contributed by atoms with van der Waals surface area (Å²) in [5.41, 5.74) is 4.40. The van der Waals surface area contributed by atoms with Gasteiger partial charge in [0.15, 0.2) is 0 Å². The topological polar surface area (TPSA) is 21.3 Å². The Balaban J connectivity index is 1.77. The summed E-state index contributed by atoms with van der Waals surface area (Å²) in [5, 5.41) is 0.804. The summed E-state index contributed by atoms with van der Waals surface area (Å²) in [5.74, 6) is 0.647. The van der Waals surface area contributed by atoms with Crippen molar-refractivity contribution in [1.82, 2.24) is 5.48 Å². The molecule has 0 amide bonds. The molecule has 1 fully saturated rings. The molecule has 0 unspecified atom stereocenters. The second-order valence-corrected chi connectivity index (χ2v) is 6.19. The molecule has 0 spiro atoms. The lowest BCUT2D eigenvalue weighted by atomic mass is 9.76. The summed E-state index contributed by atoms with van der Waals surface area (Å²) in [6.07, 6.45) is 2.27. The Labute approximate surface area is 108 Å². The van der Waals surface area contributed by atoms with Crippen molar-refractivity contribution in [1.29, 1.82) is 0 Å². The van der Waals surface area contributed by atoms with Crippen LogP contribution in [0.5, 0.6) is 0 Å². The summed E-state index contributed by atoms with van der Waals surface area (Å²) in [7, 11) is 0. The number of halogens is 1. The summed E-state index contributed by atoms with van der Waals surface area (Å²) in [6, 6.07) is 8.64. The monoisotopic (exact) mass is 253 g/mol. The largest absolute Gasteiger partial charge is 0.296 e. The first-order chi connectivity index (χ1) is 7.94. The standard InChI is InChI=1S/C14H20ClNO/c1-14(2,3)17-16-13-8-11(9-13)10-4-6-12(15)7-5-10/h4-7,11,13,16H,8-9H2,1-3H3. The SMILES string of the molecule is CC(C)(C)ONC1CC(c2ccc(Cl)cc2)C1. The highest BCUT2D eigenvalue weighted by Crippen LogP contribution is 2.37. The van der Waals surface area contributed by atoms with Crippen LogP contribution in [-0.2, 0) is 4.84 Å². The Bertz CT molecular complexity index is 363. The van der Waals surface area contributed by atoms with E-state index < -0.39 is 0 Å². The molecular weight excluding hydrogens is 234 g/mol. The van der Waals surface area contributed by atoms with E-state index >= 15 is 0 Å². The van der Waals surface area contributed by atoms with E-state index in [1.807, 2.05) is 12.1 Å². The number of benzene rings is 1. The number of rotatable bonds is 3. The zero-order valence-corrected chi connectivity index (χ0v) is 11.4. The molecule has 0 saturated heterocycles. The summed E-state index contributed by atoms with van der Waals surface area (Å²) < 4.78 is 0. The van der Waals surface area contributed by atoms with Crippen LogP contribution in [0.1, 0.15) is 45.1 Å². The van der Waals surface area contributed by atoms with Crippen molar-refractivity contribution in [2.75, 3.05) is 0 Å². The average molecular weight is 254 g/mol. The van der Waals surface area contributed by atoms with Gasteiger partial charge in [0.25, 0.3) is 0 Å². The van der Waals surface area contributed by atoms with Crippen molar-refractivity contribution in [3.8, 4) is 0 Å². The molecule has 0 bridgehead atoms. The second-order valence-electron chi connectivity index (χ2n) is 5.75. The molecule has 2 rings (SSSR count). The molecule has 1 aliphatic rings. The minimum Gasteiger partial charge on any atom is -0.296 e. The van der Waals surface area contributed by atoms with Crippen molar-refractivity contribution >= 4 is 11.6 Å². The molecule has 17 heavy (non-hydrogen) atoms. The number of nitrogens with one attached hydrogen (secondary N) is 1. The van der Waals surface area contributed by atoms with E-state index in [9.17, 15) is 0 Å². The Morgan fingerprint density at radius 3 is 2.29 bits per heavy atom. The van der Waals surface area contributed by atoms with Crippen LogP contribution in [0.25, 0.3) is 0 Å². The Hall–Kier alpha value is -0.570. The summed E-state index contributed by atoms with van der Waals surface area (Å²) in [6.45, 7) is 6.15. The Morgan fingerprint density at radius 1 is 1.18 bits per heavy atom. The van der Waals surface area contributed by atoms with Gasteiger partial charge in [0.2, 0.25) is 0 Å². The zero-order valence-electron chi connectivity index (χ0n) is 10.7. The van der Waals surface area contributed by atoms with Crippen LogP contribution in [0.3, 0.4) is 0 Å². The Kier molecular flexibility index (Phi) is 3.76. The van der Waals surface area contributed by atoms with Gasteiger partial charge < -0.3 is 0 Å². The van der Waals surface area contributed by atoms with Gasteiger partial charge in [-0.25, -0.2) is 0 Å². The van der Waals surface area contributed by atoms with Crippen molar-refractivity contribution in [3.63, 3.8) is 0 Å². The van der Waals surface area contributed by atoms with Crippen LogP contribution in [0, 0.1) is 0 Å². The lowest BCUT2D eigenvalue weighted by Gasteiger charge is -2.37. The first-order valence-electron chi connectivity index (χ1n) is 6.13. The fourth-order valence-corrected chi connectivity index (χ4v) is 2.11. The molecule has 94 valence electrons. The molecule has 0 radical (unpaired) electrons. The third-order valence-electron chi connectivity index (χ3n) is 3.01. The second kappa shape index (κ2) is 4.97. The summed E-state index contributed by atoms with van der Waals surface area (Å²) in [4.78, 5) is 5.57. The van der Waals surface area contributed by atoms with Gasteiger partial charge >= 0.3 is 0 Å². The number of hydrogen-bond donors (Lipinski definition) is 1. The van der Waals surface area contributed by atoms with E-state index in [0.29, 0.717) is 12.0 Å². The zero-order chi connectivity index (χ0) is 12.5. The van der Waals surface area contributed by atoms with E-state index in [-0.39, 0.29) is 5.60 Å². The van der Waals surface area contributed by atoms with Gasteiger partial charge in [0.1, 0.15) is 0 Å². The van der Waals surface area contributed by atoms with Gasteiger partial charge in [-0.05, 0) is 57.2 Å². The van der Waals surface area contributed by atoms with Crippen LogP contribution < -0.4 is 5.48 Å². The molecule has 2 nitrogen and oxygen atoms in total.